The lowest BCUT2D eigenvalue weighted by atomic mass is 9.98. The van der Waals surface area contributed by atoms with Crippen molar-refractivity contribution in [2.45, 2.75) is 49.0 Å². The first kappa shape index (κ1) is 23.3. The number of aliphatic hydroxyl groups excluding tert-OH is 1. The average Bonchev–Trinajstić information content (AvgIpc) is 3.33. The summed E-state index contributed by atoms with van der Waals surface area (Å²) in [6.45, 7) is 0.303. The molecule has 33 heavy (non-hydrogen) atoms. The van der Waals surface area contributed by atoms with Gasteiger partial charge in [-0.1, -0.05) is 17.3 Å². The molecule has 1 fully saturated rings. The Morgan fingerprint density at radius 1 is 1.21 bits per heavy atom. The summed E-state index contributed by atoms with van der Waals surface area (Å²) in [6.07, 6.45) is 4.65. The van der Waals surface area contributed by atoms with E-state index in [2.05, 4.69) is 20.0 Å². The molecule has 0 unspecified atom stereocenters. The third-order valence-corrected chi connectivity index (χ3v) is 7.09. The van der Waals surface area contributed by atoms with Crippen LogP contribution in [0.25, 0.3) is 11.4 Å². The minimum Gasteiger partial charge on any atom is -0.497 e. The van der Waals surface area contributed by atoms with E-state index in [1.807, 2.05) is 24.4 Å². The normalized spacial score (nSPS) is 21.1. The second kappa shape index (κ2) is 10.4. The van der Waals surface area contributed by atoms with E-state index in [1.165, 1.54) is 19.2 Å². The number of aromatic nitrogens is 4. The Labute approximate surface area is 192 Å². The van der Waals surface area contributed by atoms with Gasteiger partial charge in [-0.25, -0.2) is 13.1 Å². The van der Waals surface area contributed by atoms with Gasteiger partial charge in [0, 0.05) is 18.8 Å². The molecule has 3 aromatic rings. The van der Waals surface area contributed by atoms with E-state index in [0.717, 1.165) is 5.69 Å². The Morgan fingerprint density at radius 3 is 2.85 bits per heavy atom. The molecule has 2 aromatic heterocycles. The number of rotatable bonds is 9. The molecular weight excluding hydrogens is 446 g/mol. The fraction of sp³-hybridized carbons (Fsp3) is 0.409. The van der Waals surface area contributed by atoms with E-state index in [4.69, 9.17) is 9.47 Å². The fourth-order valence-corrected chi connectivity index (χ4v) is 5.16. The van der Waals surface area contributed by atoms with Gasteiger partial charge in [0.25, 0.3) is 0 Å². The maximum absolute atomic E-state index is 12.8. The third-order valence-electron chi connectivity index (χ3n) is 5.60. The number of hydrogen-bond donors (Lipinski definition) is 2. The molecule has 0 spiro atoms. The van der Waals surface area contributed by atoms with E-state index in [0.29, 0.717) is 37.3 Å². The molecule has 176 valence electrons. The molecule has 0 amide bonds. The highest BCUT2D eigenvalue weighted by Gasteiger charge is 2.34. The monoisotopic (exact) mass is 473 g/mol. The Hall–Kier alpha value is -2.86. The lowest BCUT2D eigenvalue weighted by molar-refractivity contribution is -0.0891. The second-order valence-electron chi connectivity index (χ2n) is 7.83. The van der Waals surface area contributed by atoms with Gasteiger partial charge < -0.3 is 14.6 Å². The Morgan fingerprint density at radius 2 is 2.09 bits per heavy atom. The van der Waals surface area contributed by atoms with Crippen LogP contribution in [-0.4, -0.2) is 65.5 Å². The number of hydrogen-bond acceptors (Lipinski definition) is 8. The quantitative estimate of drug-likeness (QED) is 0.480. The van der Waals surface area contributed by atoms with Crippen molar-refractivity contribution in [1.82, 2.24) is 24.7 Å². The van der Waals surface area contributed by atoms with Crippen molar-refractivity contribution in [1.29, 1.82) is 0 Å². The highest BCUT2D eigenvalue weighted by molar-refractivity contribution is 7.89. The van der Waals surface area contributed by atoms with Crippen molar-refractivity contribution < 1.29 is 23.0 Å². The topological polar surface area (TPSA) is 128 Å². The number of aliphatic hydroxyl groups is 1. The Bertz CT molecular complexity index is 1150. The van der Waals surface area contributed by atoms with Crippen LogP contribution < -0.4 is 9.46 Å². The van der Waals surface area contributed by atoms with Crippen LogP contribution in [0.3, 0.4) is 0 Å². The highest BCUT2D eigenvalue weighted by Crippen LogP contribution is 2.25. The summed E-state index contributed by atoms with van der Waals surface area (Å²) in [5, 5.41) is 18.1. The van der Waals surface area contributed by atoms with Gasteiger partial charge in [-0.2, -0.15) is 0 Å². The Kier molecular flexibility index (Phi) is 7.33. The van der Waals surface area contributed by atoms with Crippen molar-refractivity contribution in [3.8, 4) is 17.1 Å². The van der Waals surface area contributed by atoms with Crippen LogP contribution in [0.15, 0.2) is 59.8 Å². The van der Waals surface area contributed by atoms with Crippen LogP contribution in [0.5, 0.6) is 5.75 Å². The molecule has 0 radical (unpaired) electrons. The average molecular weight is 474 g/mol. The minimum absolute atomic E-state index is 0.107. The summed E-state index contributed by atoms with van der Waals surface area (Å²) in [4.78, 5) is 4.38. The van der Waals surface area contributed by atoms with Crippen LogP contribution in [0.2, 0.25) is 0 Å². The van der Waals surface area contributed by atoms with Gasteiger partial charge in [0.15, 0.2) is 0 Å². The van der Waals surface area contributed by atoms with Crippen LogP contribution >= 0.6 is 0 Å². The molecule has 1 aromatic carbocycles. The molecule has 11 heteroatoms. The standard InChI is InChI=1S/C22H27N5O5S/c1-31-17-5-4-6-18(13-17)33(29,30)25-20-9-8-16(32-22(20)15-28)10-12-27-14-21(24-26-27)19-7-2-3-11-23-19/h2-7,11,13-14,16,20,22,25,28H,8-10,12,15H2,1H3/t16-,20-,22-/m0/s1. The van der Waals surface area contributed by atoms with Crippen molar-refractivity contribution in [3.63, 3.8) is 0 Å². The fourth-order valence-electron chi connectivity index (χ4n) is 3.83. The smallest absolute Gasteiger partial charge is 0.241 e. The number of aryl methyl sites for hydroxylation is 1. The SMILES string of the molecule is COc1cccc(S(=O)(=O)N[C@H]2CC[C@@H](CCn3cc(-c4ccccn4)nn3)O[C@H]2CO)c1. The van der Waals surface area contributed by atoms with Crippen LogP contribution in [0.4, 0.5) is 0 Å². The van der Waals surface area contributed by atoms with Gasteiger partial charge in [-0.3, -0.25) is 9.67 Å². The molecule has 1 saturated heterocycles. The number of ether oxygens (including phenoxy) is 2. The predicted octanol–water partition coefficient (Wildman–Crippen LogP) is 1.63. The van der Waals surface area contributed by atoms with Gasteiger partial charge in [0.1, 0.15) is 11.4 Å². The van der Waals surface area contributed by atoms with Crippen LogP contribution in [-0.2, 0) is 21.3 Å². The largest absolute Gasteiger partial charge is 0.497 e. The number of methoxy groups -OCH3 is 1. The molecule has 3 atom stereocenters. The highest BCUT2D eigenvalue weighted by atomic mass is 32.2. The summed E-state index contributed by atoms with van der Waals surface area (Å²) >= 11 is 0. The molecule has 1 aliphatic rings. The number of benzene rings is 1. The second-order valence-corrected chi connectivity index (χ2v) is 9.55. The van der Waals surface area contributed by atoms with E-state index in [1.54, 1.807) is 23.0 Å². The summed E-state index contributed by atoms with van der Waals surface area (Å²) in [7, 11) is -2.30. The summed E-state index contributed by atoms with van der Waals surface area (Å²) in [5.74, 6) is 0.454. The predicted molar refractivity (Wildman–Crippen MR) is 120 cm³/mol. The van der Waals surface area contributed by atoms with Crippen molar-refractivity contribution in [2.75, 3.05) is 13.7 Å². The number of sulfonamides is 1. The first-order valence-corrected chi connectivity index (χ1v) is 12.2. The Balaban J connectivity index is 1.33. The maximum atomic E-state index is 12.8. The summed E-state index contributed by atoms with van der Waals surface area (Å²) in [5.41, 5.74) is 1.45. The third kappa shape index (κ3) is 5.74. The molecule has 10 nitrogen and oxygen atoms in total. The van der Waals surface area contributed by atoms with E-state index in [9.17, 15) is 13.5 Å². The molecule has 0 bridgehead atoms. The van der Waals surface area contributed by atoms with E-state index >= 15 is 0 Å². The van der Waals surface area contributed by atoms with Gasteiger partial charge in [-0.15, -0.1) is 5.10 Å². The first-order chi connectivity index (χ1) is 16.0. The van der Waals surface area contributed by atoms with Gasteiger partial charge >= 0.3 is 0 Å². The molecular formula is C22H27N5O5S. The summed E-state index contributed by atoms with van der Waals surface area (Å²) < 4.78 is 41.2. The summed E-state index contributed by atoms with van der Waals surface area (Å²) in [6, 6.07) is 11.3. The van der Waals surface area contributed by atoms with Crippen molar-refractivity contribution >= 4 is 10.0 Å². The number of pyridine rings is 1. The molecule has 1 aliphatic heterocycles. The van der Waals surface area contributed by atoms with Gasteiger partial charge in [0.05, 0.1) is 48.8 Å². The van der Waals surface area contributed by atoms with Crippen LogP contribution in [0, 0.1) is 0 Å². The number of nitrogens with one attached hydrogen (secondary N) is 1. The minimum atomic E-state index is -3.78. The van der Waals surface area contributed by atoms with Gasteiger partial charge in [0.2, 0.25) is 10.0 Å². The zero-order valence-electron chi connectivity index (χ0n) is 18.2. The van der Waals surface area contributed by atoms with Gasteiger partial charge in [-0.05, 0) is 43.5 Å². The molecule has 0 saturated carbocycles. The molecule has 2 N–H and O–H groups in total. The lowest BCUT2D eigenvalue weighted by Crippen LogP contribution is -2.50. The molecule has 4 rings (SSSR count). The maximum Gasteiger partial charge on any atom is 0.241 e. The zero-order chi connectivity index (χ0) is 23.3. The van der Waals surface area contributed by atoms with Crippen molar-refractivity contribution in [2.24, 2.45) is 0 Å². The lowest BCUT2D eigenvalue weighted by Gasteiger charge is -2.36. The first-order valence-electron chi connectivity index (χ1n) is 10.7. The van der Waals surface area contributed by atoms with E-state index < -0.39 is 22.2 Å². The van der Waals surface area contributed by atoms with E-state index in [-0.39, 0.29) is 17.6 Å². The van der Waals surface area contributed by atoms with Crippen LogP contribution in [0.1, 0.15) is 19.3 Å². The zero-order valence-corrected chi connectivity index (χ0v) is 19.1. The van der Waals surface area contributed by atoms with Crippen molar-refractivity contribution in [3.05, 3.63) is 54.9 Å². The molecule has 0 aliphatic carbocycles. The molecule has 3 heterocycles. The number of nitrogens with zero attached hydrogens (tertiary/aromatic N) is 4.